The zero-order chi connectivity index (χ0) is 14.7. The first-order chi connectivity index (χ1) is 10.3. The number of rotatable bonds is 7. The van der Waals surface area contributed by atoms with E-state index in [0.717, 1.165) is 31.1 Å². The van der Waals surface area contributed by atoms with Crippen molar-refractivity contribution in [3.63, 3.8) is 0 Å². The van der Waals surface area contributed by atoms with Crippen LogP contribution in [0.4, 0.5) is 0 Å². The second-order valence-corrected chi connectivity index (χ2v) is 5.61. The van der Waals surface area contributed by atoms with Crippen molar-refractivity contribution >= 4 is 0 Å². The molecule has 0 aromatic carbocycles. The molecule has 2 aromatic rings. The number of nitrogens with zero attached hydrogens (tertiary/aromatic N) is 3. The number of hydrogen-bond donors (Lipinski definition) is 1. The van der Waals surface area contributed by atoms with Crippen molar-refractivity contribution in [3.8, 4) is 5.82 Å². The van der Waals surface area contributed by atoms with Crippen molar-refractivity contribution in [1.82, 2.24) is 20.1 Å². The fraction of sp³-hybridized carbons (Fsp3) is 0.500. The SMILES string of the molecule is COCCNCc1cnc(-n2ccc(C3CC3)n2)c(C)c1. The maximum atomic E-state index is 5.02. The summed E-state index contributed by atoms with van der Waals surface area (Å²) in [6.45, 7) is 4.46. The summed E-state index contributed by atoms with van der Waals surface area (Å²) in [5, 5.41) is 7.97. The molecule has 1 aliphatic carbocycles. The highest BCUT2D eigenvalue weighted by Crippen LogP contribution is 2.39. The third-order valence-electron chi connectivity index (χ3n) is 3.74. The van der Waals surface area contributed by atoms with Gasteiger partial charge in [0.05, 0.1) is 12.3 Å². The summed E-state index contributed by atoms with van der Waals surface area (Å²) in [4.78, 5) is 4.57. The summed E-state index contributed by atoms with van der Waals surface area (Å²) < 4.78 is 6.91. The molecule has 2 heterocycles. The van der Waals surface area contributed by atoms with Crippen LogP contribution in [0.1, 0.15) is 35.6 Å². The second-order valence-electron chi connectivity index (χ2n) is 5.61. The average Bonchev–Trinajstić information content (AvgIpc) is 3.22. The zero-order valence-corrected chi connectivity index (χ0v) is 12.7. The number of pyridine rings is 1. The fourth-order valence-electron chi connectivity index (χ4n) is 2.42. The highest BCUT2D eigenvalue weighted by Gasteiger charge is 2.26. The molecule has 1 fully saturated rings. The van der Waals surface area contributed by atoms with Crippen molar-refractivity contribution in [2.75, 3.05) is 20.3 Å². The van der Waals surface area contributed by atoms with Crippen LogP contribution in [0.3, 0.4) is 0 Å². The Balaban J connectivity index is 1.68. The first-order valence-electron chi connectivity index (χ1n) is 7.49. The van der Waals surface area contributed by atoms with Crippen molar-refractivity contribution < 1.29 is 4.74 Å². The van der Waals surface area contributed by atoms with E-state index in [0.29, 0.717) is 5.92 Å². The maximum absolute atomic E-state index is 5.02. The fourth-order valence-corrected chi connectivity index (χ4v) is 2.42. The molecule has 0 amide bonds. The van der Waals surface area contributed by atoms with Crippen LogP contribution in [0.2, 0.25) is 0 Å². The van der Waals surface area contributed by atoms with Gasteiger partial charge in [0, 0.05) is 38.5 Å². The Morgan fingerprint density at radius 2 is 2.29 bits per heavy atom. The van der Waals surface area contributed by atoms with Gasteiger partial charge in [-0.3, -0.25) is 0 Å². The molecule has 0 radical (unpaired) electrons. The van der Waals surface area contributed by atoms with Gasteiger partial charge >= 0.3 is 0 Å². The van der Waals surface area contributed by atoms with E-state index in [1.54, 1.807) is 7.11 Å². The first kappa shape index (κ1) is 14.2. The lowest BCUT2D eigenvalue weighted by Crippen LogP contribution is -2.18. The van der Waals surface area contributed by atoms with Crippen molar-refractivity contribution in [3.05, 3.63) is 41.3 Å². The van der Waals surface area contributed by atoms with Crippen LogP contribution in [0.5, 0.6) is 0 Å². The minimum absolute atomic E-state index is 0.677. The average molecular weight is 286 g/mol. The largest absolute Gasteiger partial charge is 0.383 e. The van der Waals surface area contributed by atoms with E-state index in [1.165, 1.54) is 24.1 Å². The smallest absolute Gasteiger partial charge is 0.156 e. The van der Waals surface area contributed by atoms with Crippen molar-refractivity contribution in [1.29, 1.82) is 0 Å². The molecule has 112 valence electrons. The molecule has 1 aliphatic rings. The Labute approximate surface area is 125 Å². The van der Waals surface area contributed by atoms with Crippen molar-refractivity contribution in [2.45, 2.75) is 32.2 Å². The van der Waals surface area contributed by atoms with Crippen LogP contribution in [0.25, 0.3) is 5.82 Å². The molecule has 5 heteroatoms. The minimum atomic E-state index is 0.677. The molecule has 1 saturated carbocycles. The van der Waals surface area contributed by atoms with Crippen LogP contribution < -0.4 is 5.32 Å². The maximum Gasteiger partial charge on any atom is 0.156 e. The van der Waals surface area contributed by atoms with Gasteiger partial charge in [0.25, 0.3) is 0 Å². The third kappa shape index (κ3) is 3.49. The topological polar surface area (TPSA) is 52.0 Å². The Hall–Kier alpha value is -1.72. The molecular weight excluding hydrogens is 264 g/mol. The van der Waals surface area contributed by atoms with Crippen LogP contribution >= 0.6 is 0 Å². The Morgan fingerprint density at radius 3 is 3.00 bits per heavy atom. The van der Waals surface area contributed by atoms with Crippen molar-refractivity contribution in [2.24, 2.45) is 0 Å². The summed E-state index contributed by atoms with van der Waals surface area (Å²) in [7, 11) is 1.71. The molecule has 1 N–H and O–H groups in total. The van der Waals surface area contributed by atoms with Gasteiger partial charge in [-0.05, 0) is 43.0 Å². The van der Waals surface area contributed by atoms with E-state index in [1.807, 2.05) is 17.1 Å². The molecule has 0 atom stereocenters. The summed E-state index contributed by atoms with van der Waals surface area (Å²) in [5.74, 6) is 1.60. The molecule has 0 aliphatic heterocycles. The molecule has 3 rings (SSSR count). The predicted molar refractivity (Wildman–Crippen MR) is 81.7 cm³/mol. The van der Waals surface area contributed by atoms with Crippen LogP contribution in [0.15, 0.2) is 24.5 Å². The van der Waals surface area contributed by atoms with Crippen LogP contribution in [-0.4, -0.2) is 35.0 Å². The van der Waals surface area contributed by atoms with Gasteiger partial charge in [-0.2, -0.15) is 5.10 Å². The van der Waals surface area contributed by atoms with E-state index in [4.69, 9.17) is 4.74 Å². The summed E-state index contributed by atoms with van der Waals surface area (Å²) in [6.07, 6.45) is 6.48. The van der Waals surface area contributed by atoms with Gasteiger partial charge in [-0.15, -0.1) is 0 Å². The molecule has 2 aromatic heterocycles. The monoisotopic (exact) mass is 286 g/mol. The van der Waals surface area contributed by atoms with Gasteiger partial charge in [-0.1, -0.05) is 0 Å². The number of aryl methyl sites for hydroxylation is 1. The molecule has 0 saturated heterocycles. The van der Waals surface area contributed by atoms with E-state index < -0.39 is 0 Å². The quantitative estimate of drug-likeness (QED) is 0.793. The molecule has 21 heavy (non-hydrogen) atoms. The lowest BCUT2D eigenvalue weighted by atomic mass is 10.2. The highest BCUT2D eigenvalue weighted by atomic mass is 16.5. The van der Waals surface area contributed by atoms with E-state index in [2.05, 4.69) is 34.5 Å². The number of ether oxygens (including phenoxy) is 1. The van der Waals surface area contributed by atoms with Gasteiger partial charge in [0.2, 0.25) is 0 Å². The normalized spacial score (nSPS) is 14.6. The standard InChI is InChI=1S/C16H22N4O/c1-12-9-13(10-17-6-8-21-2)11-18-16(12)20-7-5-15(19-20)14-3-4-14/h5,7,9,11,14,17H,3-4,6,8,10H2,1-2H3. The lowest BCUT2D eigenvalue weighted by Gasteiger charge is -2.08. The second kappa shape index (κ2) is 6.37. The molecule has 0 unspecified atom stereocenters. The summed E-state index contributed by atoms with van der Waals surface area (Å²) >= 11 is 0. The van der Waals surface area contributed by atoms with E-state index in [9.17, 15) is 0 Å². The number of hydrogen-bond acceptors (Lipinski definition) is 4. The number of aromatic nitrogens is 3. The van der Waals surface area contributed by atoms with Crippen LogP contribution in [-0.2, 0) is 11.3 Å². The van der Waals surface area contributed by atoms with Gasteiger partial charge in [0.15, 0.2) is 5.82 Å². The Kier molecular flexibility index (Phi) is 4.31. The van der Waals surface area contributed by atoms with Crippen LogP contribution in [0, 0.1) is 6.92 Å². The van der Waals surface area contributed by atoms with Gasteiger partial charge in [-0.25, -0.2) is 9.67 Å². The summed E-state index contributed by atoms with van der Waals surface area (Å²) in [5.41, 5.74) is 3.52. The molecule has 0 bridgehead atoms. The Morgan fingerprint density at radius 1 is 1.43 bits per heavy atom. The highest BCUT2D eigenvalue weighted by molar-refractivity contribution is 5.35. The third-order valence-corrected chi connectivity index (χ3v) is 3.74. The number of nitrogens with one attached hydrogen (secondary N) is 1. The number of methoxy groups -OCH3 is 1. The van der Waals surface area contributed by atoms with Gasteiger partial charge < -0.3 is 10.1 Å². The van der Waals surface area contributed by atoms with Gasteiger partial charge in [0.1, 0.15) is 0 Å². The lowest BCUT2D eigenvalue weighted by molar-refractivity contribution is 0.199. The molecule has 0 spiro atoms. The van der Waals surface area contributed by atoms with E-state index >= 15 is 0 Å². The summed E-state index contributed by atoms with van der Waals surface area (Å²) in [6, 6.07) is 4.28. The minimum Gasteiger partial charge on any atom is -0.383 e. The first-order valence-corrected chi connectivity index (χ1v) is 7.49. The molecule has 5 nitrogen and oxygen atoms in total. The predicted octanol–water partition coefficient (Wildman–Crippen LogP) is 2.19. The molecular formula is C16H22N4O. The van der Waals surface area contributed by atoms with E-state index in [-0.39, 0.29) is 0 Å². The zero-order valence-electron chi connectivity index (χ0n) is 12.7. The Bertz CT molecular complexity index is 604.